The van der Waals surface area contributed by atoms with Gasteiger partial charge in [-0.1, -0.05) is 23.2 Å². The molecular formula is C17H18Cl2N4O2. The number of carbonyl (C=O) groups excluding carboxylic acids is 1. The van der Waals surface area contributed by atoms with Crippen LogP contribution >= 0.6 is 23.2 Å². The summed E-state index contributed by atoms with van der Waals surface area (Å²) in [6.07, 6.45) is 0. The van der Waals surface area contributed by atoms with Crippen LogP contribution in [-0.2, 0) is 9.53 Å². The Morgan fingerprint density at radius 2 is 2.20 bits per heavy atom. The van der Waals surface area contributed by atoms with Crippen molar-refractivity contribution in [3.8, 4) is 0 Å². The van der Waals surface area contributed by atoms with E-state index in [0.29, 0.717) is 22.6 Å². The first-order valence-corrected chi connectivity index (χ1v) is 8.68. The minimum Gasteiger partial charge on any atom is -0.464 e. The number of rotatable bonds is 4. The number of ether oxygens (including phenoxy) is 1. The van der Waals surface area contributed by atoms with E-state index in [4.69, 9.17) is 33.7 Å². The summed E-state index contributed by atoms with van der Waals surface area (Å²) in [6, 6.07) is 4.63. The van der Waals surface area contributed by atoms with Gasteiger partial charge in [0.15, 0.2) is 6.04 Å². The Balaban J connectivity index is 2.16. The number of fused-ring (bicyclic) bond motifs is 1. The van der Waals surface area contributed by atoms with Gasteiger partial charge in [0, 0.05) is 28.4 Å². The average Bonchev–Trinajstić information content (AvgIpc) is 2.97. The maximum Gasteiger partial charge on any atom is 0.331 e. The lowest BCUT2D eigenvalue weighted by Gasteiger charge is -2.33. The Kier molecular flexibility index (Phi) is 5.13. The molecule has 6 nitrogen and oxygen atoms in total. The summed E-state index contributed by atoms with van der Waals surface area (Å²) < 4.78 is 5.19. The van der Waals surface area contributed by atoms with Crippen molar-refractivity contribution in [1.82, 2.24) is 4.90 Å². The summed E-state index contributed by atoms with van der Waals surface area (Å²) in [4.78, 5) is 23.0. The SMILES string of the molecule is CCOC(=O)C1CN=C2N=C(C)C(CN)=C(c3ccc(Cl)cc3Cl)N21. The molecule has 0 saturated carbocycles. The lowest BCUT2D eigenvalue weighted by molar-refractivity contribution is -0.146. The highest BCUT2D eigenvalue weighted by Gasteiger charge is 2.41. The Hall–Kier alpha value is -1.89. The van der Waals surface area contributed by atoms with E-state index in [-0.39, 0.29) is 19.1 Å². The van der Waals surface area contributed by atoms with Gasteiger partial charge in [0.2, 0.25) is 5.96 Å². The normalized spacial score (nSPS) is 19.6. The molecule has 0 saturated heterocycles. The molecule has 0 amide bonds. The van der Waals surface area contributed by atoms with Crippen molar-refractivity contribution < 1.29 is 9.53 Å². The molecule has 0 aliphatic carbocycles. The quantitative estimate of drug-likeness (QED) is 0.814. The largest absolute Gasteiger partial charge is 0.464 e. The Labute approximate surface area is 156 Å². The van der Waals surface area contributed by atoms with Crippen molar-refractivity contribution in [3.05, 3.63) is 39.4 Å². The van der Waals surface area contributed by atoms with E-state index in [1.165, 1.54) is 0 Å². The van der Waals surface area contributed by atoms with Crippen LogP contribution in [0.25, 0.3) is 5.70 Å². The molecule has 1 aromatic rings. The molecular weight excluding hydrogens is 363 g/mol. The summed E-state index contributed by atoms with van der Waals surface area (Å²) in [6.45, 7) is 4.46. The van der Waals surface area contributed by atoms with Crippen LogP contribution in [0.2, 0.25) is 10.0 Å². The highest BCUT2D eigenvalue weighted by atomic mass is 35.5. The first-order chi connectivity index (χ1) is 12.0. The molecule has 132 valence electrons. The smallest absolute Gasteiger partial charge is 0.331 e. The third kappa shape index (κ3) is 3.17. The maximum atomic E-state index is 12.4. The number of esters is 1. The zero-order valence-electron chi connectivity index (χ0n) is 13.9. The summed E-state index contributed by atoms with van der Waals surface area (Å²) in [7, 11) is 0. The molecule has 0 fully saturated rings. The summed E-state index contributed by atoms with van der Waals surface area (Å²) in [5.41, 5.74) is 8.99. The molecule has 0 aromatic heterocycles. The molecule has 0 bridgehead atoms. The molecule has 3 rings (SSSR count). The monoisotopic (exact) mass is 380 g/mol. The van der Waals surface area contributed by atoms with Gasteiger partial charge < -0.3 is 10.5 Å². The van der Waals surface area contributed by atoms with Crippen molar-refractivity contribution in [3.63, 3.8) is 0 Å². The van der Waals surface area contributed by atoms with Crippen LogP contribution in [-0.4, -0.2) is 48.3 Å². The number of carbonyl (C=O) groups is 1. The van der Waals surface area contributed by atoms with E-state index in [9.17, 15) is 4.79 Å². The first kappa shape index (κ1) is 17.9. The minimum atomic E-state index is -0.588. The Morgan fingerprint density at radius 1 is 1.44 bits per heavy atom. The fraction of sp³-hybridized carbons (Fsp3) is 0.353. The van der Waals surface area contributed by atoms with Crippen molar-refractivity contribution in [1.29, 1.82) is 0 Å². The van der Waals surface area contributed by atoms with Gasteiger partial charge in [-0.05, 0) is 32.0 Å². The summed E-state index contributed by atoms with van der Waals surface area (Å²) >= 11 is 12.5. The molecule has 2 aliphatic rings. The molecule has 1 aromatic carbocycles. The third-order valence-electron chi connectivity index (χ3n) is 4.11. The molecule has 2 heterocycles. The number of benzene rings is 1. The molecule has 0 radical (unpaired) electrons. The number of aliphatic imine (C=N–C) groups is 2. The zero-order valence-corrected chi connectivity index (χ0v) is 15.4. The molecule has 2 aliphatic heterocycles. The van der Waals surface area contributed by atoms with Gasteiger partial charge in [-0.15, -0.1) is 0 Å². The van der Waals surface area contributed by atoms with Gasteiger partial charge in [-0.25, -0.2) is 14.8 Å². The van der Waals surface area contributed by atoms with Gasteiger partial charge in [0.1, 0.15) is 0 Å². The van der Waals surface area contributed by atoms with Gasteiger partial charge in [-0.3, -0.25) is 4.90 Å². The van der Waals surface area contributed by atoms with Crippen LogP contribution in [0, 0.1) is 0 Å². The van der Waals surface area contributed by atoms with Crippen LogP contribution in [0.4, 0.5) is 0 Å². The number of hydrogen-bond acceptors (Lipinski definition) is 6. The minimum absolute atomic E-state index is 0.253. The van der Waals surface area contributed by atoms with Crippen molar-refractivity contribution in [2.24, 2.45) is 15.7 Å². The van der Waals surface area contributed by atoms with E-state index in [1.807, 2.05) is 13.0 Å². The predicted octanol–water partition coefficient (Wildman–Crippen LogP) is 2.74. The molecule has 0 spiro atoms. The second kappa shape index (κ2) is 7.15. The molecule has 2 N–H and O–H groups in total. The Morgan fingerprint density at radius 3 is 2.84 bits per heavy atom. The van der Waals surface area contributed by atoms with Crippen LogP contribution < -0.4 is 5.73 Å². The lowest BCUT2D eigenvalue weighted by Crippen LogP contribution is -2.44. The number of halogens is 2. The molecule has 1 unspecified atom stereocenters. The summed E-state index contributed by atoms with van der Waals surface area (Å²) in [5.74, 6) is 0.115. The van der Waals surface area contributed by atoms with Crippen molar-refractivity contribution in [2.45, 2.75) is 19.9 Å². The van der Waals surface area contributed by atoms with E-state index in [2.05, 4.69) is 9.98 Å². The van der Waals surface area contributed by atoms with E-state index >= 15 is 0 Å². The number of nitrogens with two attached hydrogens (primary N) is 1. The predicted molar refractivity (Wildman–Crippen MR) is 100 cm³/mol. The fourth-order valence-electron chi connectivity index (χ4n) is 2.98. The van der Waals surface area contributed by atoms with Crippen LogP contribution in [0.1, 0.15) is 19.4 Å². The number of nitrogens with zero attached hydrogens (tertiary/aromatic N) is 3. The van der Waals surface area contributed by atoms with Gasteiger partial charge in [-0.2, -0.15) is 0 Å². The highest BCUT2D eigenvalue weighted by Crippen LogP contribution is 2.37. The van der Waals surface area contributed by atoms with Gasteiger partial charge in [0.05, 0.1) is 23.9 Å². The zero-order chi connectivity index (χ0) is 18.1. The molecule has 25 heavy (non-hydrogen) atoms. The Bertz CT molecular complexity index is 817. The second-order valence-corrected chi connectivity index (χ2v) is 6.47. The van der Waals surface area contributed by atoms with Crippen LogP contribution in [0.5, 0.6) is 0 Å². The molecule has 8 heteroatoms. The van der Waals surface area contributed by atoms with Crippen molar-refractivity contribution >= 4 is 46.5 Å². The summed E-state index contributed by atoms with van der Waals surface area (Å²) in [5, 5.41) is 0.999. The van der Waals surface area contributed by atoms with Crippen LogP contribution in [0.3, 0.4) is 0 Å². The van der Waals surface area contributed by atoms with E-state index < -0.39 is 6.04 Å². The first-order valence-electron chi connectivity index (χ1n) is 7.92. The number of hydrogen-bond donors (Lipinski definition) is 1. The van der Waals surface area contributed by atoms with Gasteiger partial charge in [0.25, 0.3) is 0 Å². The maximum absolute atomic E-state index is 12.4. The standard InChI is InChI=1S/C17H18Cl2N4O2/c1-3-25-16(24)14-8-21-17-22-9(2)12(7-20)15(23(14)17)11-5-4-10(18)6-13(11)19/h4-6,14H,3,7-8,20H2,1-2H3. The third-order valence-corrected chi connectivity index (χ3v) is 4.66. The molecule has 1 atom stereocenters. The van der Waals surface area contributed by atoms with E-state index in [1.54, 1.807) is 24.0 Å². The van der Waals surface area contributed by atoms with Gasteiger partial charge >= 0.3 is 5.97 Å². The fourth-order valence-corrected chi connectivity index (χ4v) is 3.48. The van der Waals surface area contributed by atoms with Crippen LogP contribution in [0.15, 0.2) is 33.8 Å². The second-order valence-electron chi connectivity index (χ2n) is 5.63. The van der Waals surface area contributed by atoms with Crippen molar-refractivity contribution in [2.75, 3.05) is 19.7 Å². The average molecular weight is 381 g/mol. The number of guanidine groups is 1. The highest BCUT2D eigenvalue weighted by molar-refractivity contribution is 6.36. The topological polar surface area (TPSA) is 80.3 Å². The lowest BCUT2D eigenvalue weighted by atomic mass is 9.99. The van der Waals surface area contributed by atoms with E-state index in [0.717, 1.165) is 22.5 Å².